The lowest BCUT2D eigenvalue weighted by atomic mass is 10.2. The Bertz CT molecular complexity index is 609. The molecule has 6 heteroatoms. The highest BCUT2D eigenvalue weighted by Gasteiger charge is 2.07. The van der Waals surface area contributed by atoms with E-state index in [9.17, 15) is 4.79 Å². The lowest BCUT2D eigenvalue weighted by molar-refractivity contribution is 0.694. The third-order valence-corrected chi connectivity index (χ3v) is 3.20. The molecule has 0 atom stereocenters. The van der Waals surface area contributed by atoms with E-state index in [2.05, 4.69) is 9.97 Å². The van der Waals surface area contributed by atoms with Crippen molar-refractivity contribution < 1.29 is 0 Å². The number of hydrogen-bond donors (Lipinski definition) is 1. The van der Waals surface area contributed by atoms with E-state index in [4.69, 9.17) is 5.73 Å². The van der Waals surface area contributed by atoms with Crippen LogP contribution in [0.25, 0.3) is 0 Å². The summed E-state index contributed by atoms with van der Waals surface area (Å²) in [6, 6.07) is 3.65. The van der Waals surface area contributed by atoms with Gasteiger partial charge in [0.05, 0.1) is 10.1 Å². The van der Waals surface area contributed by atoms with Crippen LogP contribution >= 0.6 is 22.6 Å². The average Bonchev–Trinajstić information content (AvgIpc) is 2.32. The highest BCUT2D eigenvalue weighted by atomic mass is 127. The SMILES string of the molecule is Cc1ncc(I)c(=O)n1Cc1cccnc1N. The van der Waals surface area contributed by atoms with Crippen LogP contribution in [0, 0.1) is 10.5 Å². The quantitative estimate of drug-likeness (QED) is 0.832. The van der Waals surface area contributed by atoms with Crippen molar-refractivity contribution in [3.05, 3.63) is 49.8 Å². The Morgan fingerprint density at radius 1 is 1.47 bits per heavy atom. The first-order chi connectivity index (χ1) is 8.09. The van der Waals surface area contributed by atoms with Crippen molar-refractivity contribution in [3.63, 3.8) is 0 Å². The zero-order valence-corrected chi connectivity index (χ0v) is 11.4. The monoisotopic (exact) mass is 342 g/mol. The van der Waals surface area contributed by atoms with Crippen molar-refractivity contribution in [1.29, 1.82) is 0 Å². The van der Waals surface area contributed by atoms with E-state index >= 15 is 0 Å². The molecule has 0 saturated carbocycles. The van der Waals surface area contributed by atoms with Crippen LogP contribution in [0.4, 0.5) is 5.82 Å². The van der Waals surface area contributed by atoms with Gasteiger partial charge < -0.3 is 5.73 Å². The molecule has 0 saturated heterocycles. The van der Waals surface area contributed by atoms with Gasteiger partial charge in [0.15, 0.2) is 0 Å². The van der Waals surface area contributed by atoms with E-state index in [0.717, 1.165) is 5.56 Å². The number of nitrogens with zero attached hydrogens (tertiary/aromatic N) is 3. The van der Waals surface area contributed by atoms with Crippen LogP contribution in [0.15, 0.2) is 29.3 Å². The third-order valence-electron chi connectivity index (χ3n) is 2.46. The number of pyridine rings is 1. The Morgan fingerprint density at radius 2 is 2.24 bits per heavy atom. The average molecular weight is 342 g/mol. The van der Waals surface area contributed by atoms with Gasteiger partial charge in [-0.15, -0.1) is 0 Å². The van der Waals surface area contributed by atoms with E-state index < -0.39 is 0 Å². The molecule has 2 rings (SSSR count). The molecule has 0 aromatic carbocycles. The zero-order chi connectivity index (χ0) is 12.4. The van der Waals surface area contributed by atoms with Gasteiger partial charge in [-0.3, -0.25) is 9.36 Å². The summed E-state index contributed by atoms with van der Waals surface area (Å²) in [4.78, 5) is 20.1. The number of hydrogen-bond acceptors (Lipinski definition) is 4. The molecule has 0 radical (unpaired) electrons. The van der Waals surface area contributed by atoms with E-state index in [1.807, 2.05) is 28.7 Å². The number of halogens is 1. The predicted molar refractivity (Wildman–Crippen MR) is 73.7 cm³/mol. The molecule has 0 aliphatic carbocycles. The Morgan fingerprint density at radius 3 is 2.94 bits per heavy atom. The summed E-state index contributed by atoms with van der Waals surface area (Å²) < 4.78 is 2.19. The molecule has 0 fully saturated rings. The topological polar surface area (TPSA) is 73.8 Å². The molecule has 5 nitrogen and oxygen atoms in total. The number of nitrogen functional groups attached to an aromatic ring is 1. The van der Waals surface area contributed by atoms with Crippen LogP contribution < -0.4 is 11.3 Å². The van der Waals surface area contributed by atoms with Crippen molar-refractivity contribution in [2.75, 3.05) is 5.73 Å². The summed E-state index contributed by atoms with van der Waals surface area (Å²) >= 11 is 1.98. The fourth-order valence-corrected chi connectivity index (χ4v) is 1.92. The van der Waals surface area contributed by atoms with Crippen molar-refractivity contribution >= 4 is 28.4 Å². The maximum Gasteiger partial charge on any atom is 0.267 e. The number of anilines is 1. The summed E-state index contributed by atoms with van der Waals surface area (Å²) in [6.45, 7) is 2.19. The van der Waals surface area contributed by atoms with Crippen LogP contribution in [-0.2, 0) is 6.54 Å². The maximum absolute atomic E-state index is 12.0. The van der Waals surface area contributed by atoms with E-state index in [1.165, 1.54) is 0 Å². The molecule has 0 aliphatic rings. The minimum atomic E-state index is -0.0543. The second-order valence-electron chi connectivity index (χ2n) is 3.59. The van der Waals surface area contributed by atoms with Gasteiger partial charge in [0.25, 0.3) is 5.56 Å². The fraction of sp³-hybridized carbons (Fsp3) is 0.182. The summed E-state index contributed by atoms with van der Waals surface area (Å²) in [7, 11) is 0. The van der Waals surface area contributed by atoms with Crippen molar-refractivity contribution in [1.82, 2.24) is 14.5 Å². The Hall–Kier alpha value is -1.44. The van der Waals surface area contributed by atoms with E-state index in [-0.39, 0.29) is 5.56 Å². The molecule has 0 amide bonds. The van der Waals surface area contributed by atoms with Crippen molar-refractivity contribution in [2.24, 2.45) is 0 Å². The lowest BCUT2D eigenvalue weighted by Crippen LogP contribution is -2.26. The standard InChI is InChI=1S/C11H11IN4O/c1-7-15-5-9(12)11(17)16(7)6-8-3-2-4-14-10(8)13/h2-5H,6H2,1H3,(H2,13,14). The Labute approximate surface area is 112 Å². The lowest BCUT2D eigenvalue weighted by Gasteiger charge is -2.10. The van der Waals surface area contributed by atoms with Gasteiger partial charge in [0.2, 0.25) is 0 Å². The second kappa shape index (κ2) is 4.82. The van der Waals surface area contributed by atoms with Gasteiger partial charge >= 0.3 is 0 Å². The molecule has 17 heavy (non-hydrogen) atoms. The Balaban J connectivity index is 2.47. The van der Waals surface area contributed by atoms with Crippen LogP contribution in [0.5, 0.6) is 0 Å². The smallest absolute Gasteiger partial charge is 0.267 e. The van der Waals surface area contributed by atoms with Gasteiger partial charge in [-0.1, -0.05) is 6.07 Å². The zero-order valence-electron chi connectivity index (χ0n) is 9.22. The molecule has 0 spiro atoms. The minimum Gasteiger partial charge on any atom is -0.383 e. The molecule has 2 aromatic heterocycles. The number of aryl methyl sites for hydroxylation is 1. The summed E-state index contributed by atoms with van der Waals surface area (Å²) in [5, 5.41) is 0. The van der Waals surface area contributed by atoms with Gasteiger partial charge in [-0.05, 0) is 35.6 Å². The van der Waals surface area contributed by atoms with Gasteiger partial charge in [-0.25, -0.2) is 9.97 Å². The summed E-state index contributed by atoms with van der Waals surface area (Å²) in [5.74, 6) is 1.11. The summed E-state index contributed by atoms with van der Waals surface area (Å²) in [5.41, 5.74) is 6.52. The molecular weight excluding hydrogens is 331 g/mol. The molecule has 2 heterocycles. The first-order valence-electron chi connectivity index (χ1n) is 5.01. The molecule has 2 N–H and O–H groups in total. The predicted octanol–water partition coefficient (Wildman–Crippen LogP) is 1.18. The van der Waals surface area contributed by atoms with Crippen LogP contribution in [0.2, 0.25) is 0 Å². The van der Waals surface area contributed by atoms with Gasteiger partial charge in [0, 0.05) is 18.0 Å². The maximum atomic E-state index is 12.0. The van der Waals surface area contributed by atoms with Crippen LogP contribution in [0.3, 0.4) is 0 Å². The largest absolute Gasteiger partial charge is 0.383 e. The first-order valence-corrected chi connectivity index (χ1v) is 6.09. The highest BCUT2D eigenvalue weighted by molar-refractivity contribution is 14.1. The third kappa shape index (κ3) is 2.46. The number of rotatable bonds is 2. The molecule has 0 unspecified atom stereocenters. The van der Waals surface area contributed by atoms with Crippen molar-refractivity contribution in [2.45, 2.75) is 13.5 Å². The number of aromatic nitrogens is 3. The summed E-state index contributed by atoms with van der Waals surface area (Å²) in [6.07, 6.45) is 3.20. The van der Waals surface area contributed by atoms with E-state index in [0.29, 0.717) is 21.8 Å². The second-order valence-corrected chi connectivity index (χ2v) is 4.75. The fourth-order valence-electron chi connectivity index (χ4n) is 1.49. The van der Waals surface area contributed by atoms with Gasteiger partial charge in [-0.2, -0.15) is 0 Å². The van der Waals surface area contributed by atoms with Crippen molar-refractivity contribution in [3.8, 4) is 0 Å². The molecule has 0 bridgehead atoms. The van der Waals surface area contributed by atoms with Crippen LogP contribution in [-0.4, -0.2) is 14.5 Å². The molecule has 2 aromatic rings. The first kappa shape index (κ1) is 12.0. The molecule has 0 aliphatic heterocycles. The highest BCUT2D eigenvalue weighted by Crippen LogP contribution is 2.09. The van der Waals surface area contributed by atoms with E-state index in [1.54, 1.807) is 30.0 Å². The van der Waals surface area contributed by atoms with Crippen LogP contribution in [0.1, 0.15) is 11.4 Å². The Kier molecular flexibility index (Phi) is 3.41. The molecule has 88 valence electrons. The molecular formula is C11H11IN4O. The minimum absolute atomic E-state index is 0.0543. The van der Waals surface area contributed by atoms with Gasteiger partial charge in [0.1, 0.15) is 11.6 Å². The normalized spacial score (nSPS) is 10.5. The number of nitrogens with two attached hydrogens (primary N) is 1.